The molecule has 1 aromatic carbocycles. The van der Waals surface area contributed by atoms with Gasteiger partial charge in [-0.2, -0.15) is 0 Å². The number of piperidine rings is 1. The number of nitrogens with zero attached hydrogens (tertiary/aromatic N) is 1. The van der Waals surface area contributed by atoms with Gasteiger partial charge in [-0.3, -0.25) is 25.3 Å². The highest BCUT2D eigenvalue weighted by atomic mass is 35.5. The molecule has 1 aliphatic carbocycles. The lowest BCUT2D eigenvalue weighted by atomic mass is 9.96. The smallest absolute Gasteiger partial charge is 0.241 e. The second-order valence-corrected chi connectivity index (χ2v) is 7.37. The number of carbonyl (C=O) groups excluding carboxylic acids is 2. The van der Waals surface area contributed by atoms with Gasteiger partial charge in [0.1, 0.15) is 0 Å². The average molecular weight is 370 g/mol. The van der Waals surface area contributed by atoms with Gasteiger partial charge in [-0.1, -0.05) is 29.3 Å². The van der Waals surface area contributed by atoms with E-state index in [2.05, 4.69) is 15.8 Å². The monoisotopic (exact) mass is 369 g/mol. The van der Waals surface area contributed by atoms with Crippen LogP contribution in [0.25, 0.3) is 0 Å². The Bertz CT molecular complexity index is 626. The molecule has 2 N–H and O–H groups in total. The zero-order chi connectivity index (χ0) is 17.1. The Kier molecular flexibility index (Phi) is 5.64. The number of amides is 2. The van der Waals surface area contributed by atoms with Gasteiger partial charge in [0.25, 0.3) is 0 Å². The molecule has 0 atom stereocenters. The highest BCUT2D eigenvalue weighted by Crippen LogP contribution is 2.28. The van der Waals surface area contributed by atoms with Crippen LogP contribution in [-0.4, -0.2) is 29.8 Å². The maximum Gasteiger partial charge on any atom is 0.241 e. The molecule has 24 heavy (non-hydrogen) atoms. The molecule has 0 bridgehead atoms. The molecule has 130 valence electrons. The number of halogens is 2. The van der Waals surface area contributed by atoms with Gasteiger partial charge in [0.15, 0.2) is 0 Å². The maximum absolute atomic E-state index is 12.1. The third-order valence-electron chi connectivity index (χ3n) is 4.61. The third kappa shape index (κ3) is 4.62. The summed E-state index contributed by atoms with van der Waals surface area (Å²) in [6, 6.07) is 5.67. The van der Waals surface area contributed by atoms with Crippen LogP contribution in [0, 0.1) is 11.8 Å². The molecule has 7 heteroatoms. The molecule has 0 unspecified atom stereocenters. The van der Waals surface area contributed by atoms with Gasteiger partial charge < -0.3 is 0 Å². The van der Waals surface area contributed by atoms with E-state index in [1.165, 1.54) is 0 Å². The largest absolute Gasteiger partial charge is 0.299 e. The molecule has 5 nitrogen and oxygen atoms in total. The molecule has 0 radical (unpaired) electrons. The van der Waals surface area contributed by atoms with Crippen LogP contribution >= 0.6 is 23.2 Å². The van der Waals surface area contributed by atoms with E-state index in [-0.39, 0.29) is 23.7 Å². The zero-order valence-corrected chi connectivity index (χ0v) is 14.9. The van der Waals surface area contributed by atoms with Crippen molar-refractivity contribution < 1.29 is 9.59 Å². The summed E-state index contributed by atoms with van der Waals surface area (Å²) < 4.78 is 0. The lowest BCUT2D eigenvalue weighted by Crippen LogP contribution is -2.47. The number of hydrazine groups is 1. The molecule has 2 fully saturated rings. The normalized spacial score (nSPS) is 19.1. The van der Waals surface area contributed by atoms with Crippen molar-refractivity contribution in [3.05, 3.63) is 33.8 Å². The van der Waals surface area contributed by atoms with Crippen LogP contribution in [0.4, 0.5) is 0 Å². The van der Waals surface area contributed by atoms with Crippen molar-refractivity contribution in [1.29, 1.82) is 0 Å². The summed E-state index contributed by atoms with van der Waals surface area (Å²) in [6.45, 7) is 2.48. The minimum absolute atomic E-state index is 0.0467. The van der Waals surface area contributed by atoms with Crippen molar-refractivity contribution in [3.63, 3.8) is 0 Å². The second kappa shape index (κ2) is 7.72. The number of likely N-dealkylation sites (tertiary alicyclic amines) is 1. The Morgan fingerprint density at radius 3 is 2.08 bits per heavy atom. The van der Waals surface area contributed by atoms with E-state index in [9.17, 15) is 9.59 Å². The SMILES string of the molecule is O=C(NNC(=O)C1CCN(Cc2ccc(Cl)c(Cl)c2)CC1)C1CC1. The fourth-order valence-electron chi connectivity index (χ4n) is 2.92. The first-order valence-electron chi connectivity index (χ1n) is 8.29. The van der Waals surface area contributed by atoms with Crippen molar-refractivity contribution in [2.75, 3.05) is 13.1 Å². The molecule has 0 aromatic heterocycles. The van der Waals surface area contributed by atoms with Crippen molar-refractivity contribution in [2.45, 2.75) is 32.2 Å². The molecular formula is C17H21Cl2N3O2. The quantitative estimate of drug-likeness (QED) is 0.802. The Balaban J connectivity index is 1.42. The topological polar surface area (TPSA) is 61.4 Å². The lowest BCUT2D eigenvalue weighted by molar-refractivity contribution is -0.132. The van der Waals surface area contributed by atoms with Gasteiger partial charge in [0.2, 0.25) is 11.8 Å². The predicted octanol–water partition coefficient (Wildman–Crippen LogP) is 2.76. The highest BCUT2D eigenvalue weighted by Gasteiger charge is 2.31. The van der Waals surface area contributed by atoms with Crippen LogP contribution in [0.15, 0.2) is 18.2 Å². The van der Waals surface area contributed by atoms with Gasteiger partial charge in [-0.05, 0) is 56.5 Å². The van der Waals surface area contributed by atoms with Crippen LogP contribution in [0.2, 0.25) is 10.0 Å². The predicted molar refractivity (Wildman–Crippen MR) is 93.5 cm³/mol. The Morgan fingerprint density at radius 1 is 0.958 bits per heavy atom. The van der Waals surface area contributed by atoms with Crippen LogP contribution in [0.5, 0.6) is 0 Å². The van der Waals surface area contributed by atoms with Crippen molar-refractivity contribution in [3.8, 4) is 0 Å². The lowest BCUT2D eigenvalue weighted by Gasteiger charge is -2.31. The summed E-state index contributed by atoms with van der Waals surface area (Å²) in [4.78, 5) is 26.0. The summed E-state index contributed by atoms with van der Waals surface area (Å²) in [5.74, 6) is -0.105. The number of nitrogens with one attached hydrogen (secondary N) is 2. The average Bonchev–Trinajstić information content (AvgIpc) is 3.41. The van der Waals surface area contributed by atoms with Crippen LogP contribution in [0.1, 0.15) is 31.2 Å². The Morgan fingerprint density at radius 2 is 1.54 bits per heavy atom. The minimum atomic E-state index is -0.0850. The van der Waals surface area contributed by atoms with Crippen LogP contribution < -0.4 is 10.9 Å². The number of rotatable bonds is 4. The number of hydrogen-bond donors (Lipinski definition) is 2. The van der Waals surface area contributed by atoms with E-state index < -0.39 is 0 Å². The molecule has 1 saturated heterocycles. The summed E-state index contributed by atoms with van der Waals surface area (Å²) in [5.41, 5.74) is 6.20. The molecule has 3 rings (SSSR count). The van der Waals surface area contributed by atoms with Crippen LogP contribution in [0.3, 0.4) is 0 Å². The van der Waals surface area contributed by atoms with E-state index in [0.717, 1.165) is 50.9 Å². The van der Waals surface area contributed by atoms with Gasteiger partial charge in [0, 0.05) is 18.4 Å². The van der Waals surface area contributed by atoms with Gasteiger partial charge >= 0.3 is 0 Å². The Labute approximate surface area is 151 Å². The van der Waals surface area contributed by atoms with Crippen molar-refractivity contribution in [1.82, 2.24) is 15.8 Å². The summed E-state index contributed by atoms with van der Waals surface area (Å²) in [7, 11) is 0. The van der Waals surface area contributed by atoms with E-state index in [1.807, 2.05) is 18.2 Å². The van der Waals surface area contributed by atoms with Crippen molar-refractivity contribution in [2.24, 2.45) is 11.8 Å². The Hall–Kier alpha value is -1.30. The zero-order valence-electron chi connectivity index (χ0n) is 13.4. The number of hydrogen-bond acceptors (Lipinski definition) is 3. The second-order valence-electron chi connectivity index (χ2n) is 6.55. The highest BCUT2D eigenvalue weighted by molar-refractivity contribution is 6.42. The van der Waals surface area contributed by atoms with Crippen LogP contribution in [-0.2, 0) is 16.1 Å². The number of benzene rings is 1. The fourth-order valence-corrected chi connectivity index (χ4v) is 3.24. The first-order valence-corrected chi connectivity index (χ1v) is 9.04. The van der Waals surface area contributed by atoms with E-state index >= 15 is 0 Å². The fraction of sp³-hybridized carbons (Fsp3) is 0.529. The van der Waals surface area contributed by atoms with Gasteiger partial charge in [-0.25, -0.2) is 0 Å². The first-order chi connectivity index (χ1) is 11.5. The minimum Gasteiger partial charge on any atom is -0.299 e. The summed E-state index contributed by atoms with van der Waals surface area (Å²) in [5, 5.41) is 1.12. The molecule has 1 aromatic rings. The molecule has 1 heterocycles. The summed E-state index contributed by atoms with van der Waals surface area (Å²) >= 11 is 12.0. The van der Waals surface area contributed by atoms with Gasteiger partial charge in [-0.15, -0.1) is 0 Å². The first kappa shape index (κ1) is 17.5. The summed E-state index contributed by atoms with van der Waals surface area (Å²) in [6.07, 6.45) is 3.42. The van der Waals surface area contributed by atoms with E-state index in [4.69, 9.17) is 23.2 Å². The van der Waals surface area contributed by atoms with Crippen molar-refractivity contribution >= 4 is 35.0 Å². The van der Waals surface area contributed by atoms with E-state index in [0.29, 0.717) is 10.0 Å². The number of carbonyl (C=O) groups is 2. The molecular weight excluding hydrogens is 349 g/mol. The standard InChI is InChI=1S/C17H21Cl2N3O2/c18-14-4-1-11(9-15(14)19)10-22-7-5-13(6-8-22)17(24)21-20-16(23)12-2-3-12/h1,4,9,12-13H,2-3,5-8,10H2,(H,20,23)(H,21,24). The molecule has 2 amide bonds. The maximum atomic E-state index is 12.1. The molecule has 1 aliphatic heterocycles. The van der Waals surface area contributed by atoms with Gasteiger partial charge in [0.05, 0.1) is 10.0 Å². The molecule has 2 aliphatic rings. The third-order valence-corrected chi connectivity index (χ3v) is 5.34. The molecule has 0 spiro atoms. The molecule has 1 saturated carbocycles. The van der Waals surface area contributed by atoms with E-state index in [1.54, 1.807) is 0 Å².